The molecule has 0 saturated carbocycles. The lowest BCUT2D eigenvalue weighted by Gasteiger charge is -2.22. The van der Waals surface area contributed by atoms with E-state index in [0.29, 0.717) is 12.0 Å². The number of rotatable bonds is 4. The van der Waals surface area contributed by atoms with Crippen molar-refractivity contribution in [3.8, 4) is 0 Å². The Balaban J connectivity index is 1.80. The summed E-state index contributed by atoms with van der Waals surface area (Å²) >= 11 is 1.93. The number of nitrogens with zero attached hydrogens (tertiary/aromatic N) is 4. The van der Waals surface area contributed by atoms with Crippen LogP contribution in [0.5, 0.6) is 0 Å². The second kappa shape index (κ2) is 5.30. The summed E-state index contributed by atoms with van der Waals surface area (Å²) in [6.45, 7) is 0. The molecule has 0 amide bonds. The van der Waals surface area contributed by atoms with E-state index in [1.54, 1.807) is 7.05 Å². The van der Waals surface area contributed by atoms with E-state index >= 15 is 0 Å². The minimum atomic E-state index is 0.348. The number of nitrogens with one attached hydrogen (secondary N) is 1. The SMILES string of the molecule is CNC(Cc1nnn(C)n1)C1CSc2ccccc21. The molecule has 19 heavy (non-hydrogen) atoms. The van der Waals surface area contributed by atoms with E-state index in [4.69, 9.17) is 0 Å². The molecule has 0 aliphatic carbocycles. The largest absolute Gasteiger partial charge is 0.316 e. The van der Waals surface area contributed by atoms with Crippen LogP contribution in [0.3, 0.4) is 0 Å². The molecule has 1 aromatic heterocycles. The van der Waals surface area contributed by atoms with Crippen LogP contribution in [-0.2, 0) is 13.5 Å². The summed E-state index contributed by atoms with van der Waals surface area (Å²) in [7, 11) is 3.80. The average molecular weight is 275 g/mol. The summed E-state index contributed by atoms with van der Waals surface area (Å²) in [4.78, 5) is 2.92. The standard InChI is InChI=1S/C13H17N5S/c1-14-11(7-13-15-17-18(2)16-13)10-8-19-12-6-4-3-5-9(10)12/h3-6,10-11,14H,7-8H2,1-2H3. The molecule has 2 heterocycles. The molecule has 0 spiro atoms. The molecule has 2 aromatic rings. The smallest absolute Gasteiger partial charge is 0.176 e. The number of fused-ring (bicyclic) bond motifs is 1. The molecular weight excluding hydrogens is 258 g/mol. The number of likely N-dealkylation sites (N-methyl/N-ethyl adjacent to an activating group) is 1. The number of benzene rings is 1. The van der Waals surface area contributed by atoms with Gasteiger partial charge in [0.25, 0.3) is 0 Å². The second-order valence-electron chi connectivity index (χ2n) is 4.75. The van der Waals surface area contributed by atoms with Crippen molar-refractivity contribution in [2.45, 2.75) is 23.3 Å². The Morgan fingerprint density at radius 1 is 1.47 bits per heavy atom. The number of hydrogen-bond acceptors (Lipinski definition) is 5. The van der Waals surface area contributed by atoms with Gasteiger partial charge in [-0.1, -0.05) is 18.2 Å². The van der Waals surface area contributed by atoms with Crippen molar-refractivity contribution >= 4 is 11.8 Å². The zero-order valence-electron chi connectivity index (χ0n) is 11.1. The number of tetrazole rings is 1. The summed E-state index contributed by atoms with van der Waals surface area (Å²) in [6, 6.07) is 9.00. The van der Waals surface area contributed by atoms with E-state index < -0.39 is 0 Å². The first-order valence-electron chi connectivity index (χ1n) is 6.40. The van der Waals surface area contributed by atoms with E-state index in [0.717, 1.165) is 18.0 Å². The Morgan fingerprint density at radius 2 is 2.32 bits per heavy atom. The molecule has 0 radical (unpaired) electrons. The topological polar surface area (TPSA) is 55.6 Å². The van der Waals surface area contributed by atoms with Gasteiger partial charge >= 0.3 is 0 Å². The van der Waals surface area contributed by atoms with Crippen LogP contribution in [-0.4, -0.2) is 39.0 Å². The molecule has 100 valence electrons. The van der Waals surface area contributed by atoms with Crippen molar-refractivity contribution in [1.29, 1.82) is 0 Å². The minimum Gasteiger partial charge on any atom is -0.316 e. The van der Waals surface area contributed by atoms with Gasteiger partial charge in [-0.15, -0.1) is 22.0 Å². The first-order valence-corrected chi connectivity index (χ1v) is 7.38. The fourth-order valence-electron chi connectivity index (χ4n) is 2.57. The molecule has 6 heteroatoms. The van der Waals surface area contributed by atoms with Gasteiger partial charge in [-0.3, -0.25) is 0 Å². The summed E-state index contributed by atoms with van der Waals surface area (Å²) in [5, 5.41) is 15.7. The Bertz CT molecular complexity index is 568. The summed E-state index contributed by atoms with van der Waals surface area (Å²) in [5.74, 6) is 2.43. The first-order chi connectivity index (χ1) is 9.28. The molecule has 3 rings (SSSR count). The van der Waals surface area contributed by atoms with E-state index in [1.807, 2.05) is 18.8 Å². The van der Waals surface area contributed by atoms with Crippen LogP contribution >= 0.6 is 11.8 Å². The van der Waals surface area contributed by atoms with Gasteiger partial charge in [-0.2, -0.15) is 4.80 Å². The van der Waals surface area contributed by atoms with Crippen LogP contribution in [0.4, 0.5) is 0 Å². The first kappa shape index (κ1) is 12.6. The second-order valence-corrected chi connectivity index (χ2v) is 5.81. The van der Waals surface area contributed by atoms with Crippen LogP contribution < -0.4 is 5.32 Å². The molecule has 1 aliphatic rings. The van der Waals surface area contributed by atoms with Gasteiger partial charge in [-0.05, 0) is 23.9 Å². The number of aromatic nitrogens is 4. The predicted octanol–water partition coefficient (Wildman–Crippen LogP) is 1.23. The highest BCUT2D eigenvalue weighted by molar-refractivity contribution is 7.99. The van der Waals surface area contributed by atoms with Gasteiger partial charge in [0, 0.05) is 29.0 Å². The number of aryl methyl sites for hydroxylation is 1. The molecule has 1 aromatic carbocycles. The lowest BCUT2D eigenvalue weighted by atomic mass is 9.91. The average Bonchev–Trinajstić information content (AvgIpc) is 3.02. The lowest BCUT2D eigenvalue weighted by Crippen LogP contribution is -2.34. The maximum atomic E-state index is 4.27. The molecule has 1 N–H and O–H groups in total. The maximum Gasteiger partial charge on any atom is 0.176 e. The highest BCUT2D eigenvalue weighted by Crippen LogP contribution is 2.41. The highest BCUT2D eigenvalue weighted by atomic mass is 32.2. The van der Waals surface area contributed by atoms with Gasteiger partial charge in [0.15, 0.2) is 5.82 Å². The van der Waals surface area contributed by atoms with Crippen LogP contribution in [0.15, 0.2) is 29.2 Å². The van der Waals surface area contributed by atoms with Gasteiger partial charge in [0.2, 0.25) is 0 Å². The van der Waals surface area contributed by atoms with E-state index in [1.165, 1.54) is 15.3 Å². The summed E-state index contributed by atoms with van der Waals surface area (Å²) < 4.78 is 0. The third-order valence-corrected chi connectivity index (χ3v) is 4.75. The third kappa shape index (κ3) is 2.50. The lowest BCUT2D eigenvalue weighted by molar-refractivity contribution is 0.478. The van der Waals surface area contributed by atoms with Crippen LogP contribution in [0.25, 0.3) is 0 Å². The monoisotopic (exact) mass is 275 g/mol. The Hall–Kier alpha value is -1.40. The molecule has 2 unspecified atom stereocenters. The van der Waals surface area contributed by atoms with Crippen molar-refractivity contribution in [2.75, 3.05) is 12.8 Å². The Morgan fingerprint density at radius 3 is 3.05 bits per heavy atom. The zero-order chi connectivity index (χ0) is 13.2. The predicted molar refractivity (Wildman–Crippen MR) is 75.3 cm³/mol. The van der Waals surface area contributed by atoms with Crippen LogP contribution in [0, 0.1) is 0 Å². The molecule has 1 aliphatic heterocycles. The fraction of sp³-hybridized carbons (Fsp3) is 0.462. The van der Waals surface area contributed by atoms with Gasteiger partial charge < -0.3 is 5.32 Å². The van der Waals surface area contributed by atoms with Crippen molar-refractivity contribution in [3.63, 3.8) is 0 Å². The number of thioether (sulfide) groups is 1. The van der Waals surface area contributed by atoms with Crippen molar-refractivity contribution < 1.29 is 0 Å². The quantitative estimate of drug-likeness (QED) is 0.909. The summed E-state index contributed by atoms with van der Waals surface area (Å²) in [6.07, 6.45) is 0.809. The highest BCUT2D eigenvalue weighted by Gasteiger charge is 2.30. The van der Waals surface area contributed by atoms with Crippen LogP contribution in [0.2, 0.25) is 0 Å². The van der Waals surface area contributed by atoms with E-state index in [9.17, 15) is 0 Å². The van der Waals surface area contributed by atoms with Crippen LogP contribution in [0.1, 0.15) is 17.3 Å². The van der Waals surface area contributed by atoms with Gasteiger partial charge in [0.05, 0.1) is 7.05 Å². The maximum absolute atomic E-state index is 4.27. The van der Waals surface area contributed by atoms with E-state index in [2.05, 4.69) is 45.0 Å². The molecule has 0 fully saturated rings. The van der Waals surface area contributed by atoms with Crippen molar-refractivity contribution in [2.24, 2.45) is 7.05 Å². The fourth-order valence-corrected chi connectivity index (χ4v) is 3.90. The minimum absolute atomic E-state index is 0.348. The van der Waals surface area contributed by atoms with Gasteiger partial charge in [-0.25, -0.2) is 0 Å². The molecule has 0 bridgehead atoms. The summed E-state index contributed by atoms with van der Waals surface area (Å²) in [5.41, 5.74) is 1.44. The molecule has 2 atom stereocenters. The number of hydrogen-bond donors (Lipinski definition) is 1. The molecular formula is C13H17N5S. The van der Waals surface area contributed by atoms with E-state index in [-0.39, 0.29) is 0 Å². The zero-order valence-corrected chi connectivity index (χ0v) is 11.9. The Labute approximate surface area is 116 Å². The normalized spacial score (nSPS) is 19.4. The van der Waals surface area contributed by atoms with Crippen molar-refractivity contribution in [1.82, 2.24) is 25.5 Å². The molecule has 5 nitrogen and oxygen atoms in total. The van der Waals surface area contributed by atoms with Gasteiger partial charge in [0.1, 0.15) is 0 Å². The van der Waals surface area contributed by atoms with Crippen molar-refractivity contribution in [3.05, 3.63) is 35.7 Å². The third-order valence-electron chi connectivity index (χ3n) is 3.55. The Kier molecular flexibility index (Phi) is 3.52. The molecule has 0 saturated heterocycles.